The molecular formula is C25H27FN4O4. The average molecular weight is 474 g/mol. The van der Waals surface area contributed by atoms with Gasteiger partial charge in [-0.2, -0.15) is 0 Å². The summed E-state index contributed by atoms with van der Waals surface area (Å²) < 4.78 is 78.8. The van der Waals surface area contributed by atoms with E-state index < -0.39 is 48.8 Å². The van der Waals surface area contributed by atoms with E-state index in [2.05, 4.69) is 10.2 Å². The number of anilines is 1. The van der Waals surface area contributed by atoms with Gasteiger partial charge in [0.15, 0.2) is 0 Å². The molecule has 3 heterocycles. The molecule has 178 valence electrons. The van der Waals surface area contributed by atoms with Gasteiger partial charge in [-0.15, -0.1) is 0 Å². The Bertz CT molecular complexity index is 1440. The quantitative estimate of drug-likeness (QED) is 0.624. The second kappa shape index (κ2) is 9.52. The summed E-state index contributed by atoms with van der Waals surface area (Å²) in [5.74, 6) is -5.06. The Labute approximate surface area is 206 Å². The number of nitrogens with zero attached hydrogens (tertiary/aromatic N) is 2. The largest absolute Gasteiger partial charge is 0.381 e. The summed E-state index contributed by atoms with van der Waals surface area (Å²) in [4.78, 5) is 40.5. The number of amides is 3. The lowest BCUT2D eigenvalue weighted by Gasteiger charge is -2.29. The maximum atomic E-state index is 15.0. The fourth-order valence-electron chi connectivity index (χ4n) is 4.00. The summed E-state index contributed by atoms with van der Waals surface area (Å²) in [5.41, 5.74) is 0.419. The van der Waals surface area contributed by atoms with Crippen molar-refractivity contribution in [3.8, 4) is 0 Å². The van der Waals surface area contributed by atoms with Gasteiger partial charge in [0.2, 0.25) is 11.8 Å². The number of carbonyl (C=O) groups excluding carboxylic acids is 3. The van der Waals surface area contributed by atoms with E-state index in [1.54, 1.807) is 17.4 Å². The van der Waals surface area contributed by atoms with E-state index in [0.29, 0.717) is 19.8 Å². The van der Waals surface area contributed by atoms with Gasteiger partial charge in [-0.05, 0) is 30.1 Å². The number of fused-ring (bicyclic) bond motifs is 1. The summed E-state index contributed by atoms with van der Waals surface area (Å²) >= 11 is 0. The summed E-state index contributed by atoms with van der Waals surface area (Å²) in [5, 5.41) is 4.47. The first kappa shape index (κ1) is 15.6. The lowest BCUT2D eigenvalue weighted by molar-refractivity contribution is -0.136. The van der Waals surface area contributed by atoms with Crippen LogP contribution in [-0.4, -0.2) is 59.8 Å². The fourth-order valence-corrected chi connectivity index (χ4v) is 4.00. The summed E-state index contributed by atoms with van der Waals surface area (Å²) in [7, 11) is 0. The van der Waals surface area contributed by atoms with Crippen molar-refractivity contribution in [1.29, 1.82) is 0 Å². The molecule has 3 amide bonds. The molecule has 0 aromatic heterocycles. The Morgan fingerprint density at radius 1 is 1.21 bits per heavy atom. The molecule has 0 spiro atoms. The van der Waals surface area contributed by atoms with E-state index >= 15 is 0 Å². The van der Waals surface area contributed by atoms with E-state index in [1.165, 1.54) is 24.3 Å². The maximum absolute atomic E-state index is 15.0. The lowest BCUT2D eigenvalue weighted by atomic mass is 10.0. The molecule has 0 aliphatic carbocycles. The van der Waals surface area contributed by atoms with Gasteiger partial charge in [-0.1, -0.05) is 18.2 Å². The van der Waals surface area contributed by atoms with Crippen molar-refractivity contribution in [3.63, 3.8) is 0 Å². The topological polar surface area (TPSA) is 91.0 Å². The van der Waals surface area contributed by atoms with Crippen LogP contribution in [0.4, 0.5) is 10.1 Å². The van der Waals surface area contributed by atoms with Crippen LogP contribution in [0, 0.1) is 5.82 Å². The first-order valence-electron chi connectivity index (χ1n) is 14.3. The number of carbonyl (C=O) groups is 3. The second-order valence-electron chi connectivity index (χ2n) is 8.03. The first-order valence-corrected chi connectivity index (χ1v) is 10.8. The van der Waals surface area contributed by atoms with Gasteiger partial charge >= 0.3 is 0 Å². The minimum Gasteiger partial charge on any atom is -0.381 e. The van der Waals surface area contributed by atoms with Crippen molar-refractivity contribution in [2.24, 2.45) is 0 Å². The van der Waals surface area contributed by atoms with Crippen LogP contribution in [0.15, 0.2) is 36.4 Å². The smallest absolute Gasteiger partial charge is 0.255 e. The zero-order chi connectivity index (χ0) is 30.0. The van der Waals surface area contributed by atoms with Gasteiger partial charge in [0, 0.05) is 66.9 Å². The molecule has 5 rings (SSSR count). The molecule has 0 unspecified atom stereocenters. The number of nitrogens with one attached hydrogen (secondary N) is 2. The van der Waals surface area contributed by atoms with Gasteiger partial charge in [0.25, 0.3) is 5.91 Å². The van der Waals surface area contributed by atoms with Crippen molar-refractivity contribution < 1.29 is 33.1 Å². The van der Waals surface area contributed by atoms with E-state index in [0.717, 1.165) is 18.7 Å². The Hall–Kier alpha value is -3.30. The fraction of sp³-hybridized carbons (Fsp3) is 0.400. The molecule has 0 bridgehead atoms. The summed E-state index contributed by atoms with van der Waals surface area (Å²) in [6, 6.07) is 5.31. The van der Waals surface area contributed by atoms with Crippen molar-refractivity contribution >= 4 is 23.4 Å². The molecule has 34 heavy (non-hydrogen) atoms. The second-order valence-corrected chi connectivity index (χ2v) is 8.03. The van der Waals surface area contributed by atoms with Crippen LogP contribution >= 0.6 is 0 Å². The Morgan fingerprint density at radius 3 is 2.82 bits per heavy atom. The Kier molecular flexibility index (Phi) is 4.36. The zero-order valence-electron chi connectivity index (χ0n) is 25.1. The number of piperidine rings is 1. The molecule has 2 fully saturated rings. The molecule has 8 nitrogen and oxygen atoms in total. The highest BCUT2D eigenvalue weighted by atomic mass is 19.1. The lowest BCUT2D eigenvalue weighted by Crippen LogP contribution is -2.52. The molecule has 3 aliphatic rings. The molecule has 2 N–H and O–H groups in total. The van der Waals surface area contributed by atoms with Gasteiger partial charge in [-0.3, -0.25) is 24.6 Å². The highest BCUT2D eigenvalue weighted by Gasteiger charge is 2.39. The van der Waals surface area contributed by atoms with Gasteiger partial charge in [0.1, 0.15) is 11.8 Å². The number of ether oxygens (including phenoxy) is 1. The van der Waals surface area contributed by atoms with Gasteiger partial charge in [0.05, 0.1) is 17.3 Å². The number of imide groups is 1. The normalized spacial score (nSPS) is 30.6. The van der Waals surface area contributed by atoms with Gasteiger partial charge < -0.3 is 15.0 Å². The molecular weight excluding hydrogens is 439 g/mol. The highest BCUT2D eigenvalue weighted by molar-refractivity contribution is 6.06. The third-order valence-electron chi connectivity index (χ3n) is 5.78. The summed E-state index contributed by atoms with van der Waals surface area (Å²) in [6.45, 7) is 0.144. The zero-order valence-corrected chi connectivity index (χ0v) is 18.1. The predicted molar refractivity (Wildman–Crippen MR) is 122 cm³/mol. The third kappa shape index (κ3) is 4.53. The van der Waals surface area contributed by atoms with Crippen LogP contribution in [0.2, 0.25) is 0 Å². The SMILES string of the molecule is [2H]C1([2H])c2c(NCc3ccc(CN4CCOCC4)cc3F)cccc2C(=O)N1[C@@]1([2H])C(=O)NC(=O)C([2H])([2H])C1([2H])[2H]. The molecule has 9 heteroatoms. The van der Waals surface area contributed by atoms with E-state index in [4.69, 9.17) is 14.3 Å². The van der Waals surface area contributed by atoms with Crippen LogP contribution in [0.25, 0.3) is 0 Å². The number of rotatable bonds is 6. The number of hydrogen-bond donors (Lipinski definition) is 2. The van der Waals surface area contributed by atoms with Crippen molar-refractivity contribution in [1.82, 2.24) is 15.1 Å². The molecule has 2 aromatic carbocycles. The monoisotopic (exact) mass is 473 g/mol. The third-order valence-corrected chi connectivity index (χ3v) is 5.78. The molecule has 0 radical (unpaired) electrons. The predicted octanol–water partition coefficient (Wildman–Crippen LogP) is 2.03. The average Bonchev–Trinajstić information content (AvgIpc) is 3.12. The number of benzene rings is 2. The minimum absolute atomic E-state index is 0.0243. The minimum atomic E-state index is -3.63. The van der Waals surface area contributed by atoms with E-state index in [-0.39, 0.29) is 33.8 Å². The first-order chi connectivity index (χ1) is 19.1. The molecule has 2 aromatic rings. The number of morpholine rings is 1. The van der Waals surface area contributed by atoms with Crippen molar-refractivity contribution in [2.45, 2.75) is 38.4 Å². The van der Waals surface area contributed by atoms with Crippen molar-refractivity contribution in [3.05, 3.63) is 64.5 Å². The molecule has 0 saturated carbocycles. The van der Waals surface area contributed by atoms with E-state index in [9.17, 15) is 18.8 Å². The Morgan fingerprint density at radius 2 is 2.03 bits per heavy atom. The van der Waals surface area contributed by atoms with Crippen LogP contribution in [-0.2, 0) is 33.9 Å². The van der Waals surface area contributed by atoms with Crippen LogP contribution < -0.4 is 10.6 Å². The van der Waals surface area contributed by atoms with Crippen LogP contribution in [0.1, 0.15) is 49.4 Å². The van der Waals surface area contributed by atoms with Crippen LogP contribution in [0.5, 0.6) is 0 Å². The molecule has 2 saturated heterocycles. The van der Waals surface area contributed by atoms with Crippen LogP contribution in [0.3, 0.4) is 0 Å². The standard InChI is InChI=1S/C25H27FN4O4/c26-20-12-16(14-29-8-10-34-11-9-29)4-5-17(20)13-27-21-3-1-2-18-19(21)15-30(25(18)33)22-6-7-23(31)28-24(22)32/h1-5,12,22,27H,6-11,13-15H2,(H,28,31,32)/t22-/m1/s1/i6D2,7D2,15D2,22D. The summed E-state index contributed by atoms with van der Waals surface area (Å²) in [6.07, 6.45) is -7.08. The maximum Gasteiger partial charge on any atom is 0.255 e. The van der Waals surface area contributed by atoms with E-state index in [1.807, 2.05) is 0 Å². The van der Waals surface area contributed by atoms with Crippen molar-refractivity contribution in [2.75, 3.05) is 31.6 Å². The Balaban J connectivity index is 1.43. The number of halogens is 1. The number of hydrogen-bond acceptors (Lipinski definition) is 6. The molecule has 1 atom stereocenters. The highest BCUT2D eigenvalue weighted by Crippen LogP contribution is 2.32. The molecule has 3 aliphatic heterocycles. The van der Waals surface area contributed by atoms with Gasteiger partial charge in [-0.25, -0.2) is 4.39 Å².